The molecule has 0 aliphatic rings. The SMILES string of the molecule is CC(CO)CSCc1nc(NN)c2cnn(C)c2n1. The monoisotopic (exact) mass is 282 g/mol. The molecule has 1 atom stereocenters. The number of aryl methyl sites for hydroxylation is 1. The third-order valence-electron chi connectivity index (χ3n) is 2.72. The van der Waals surface area contributed by atoms with Gasteiger partial charge in [-0.3, -0.25) is 4.68 Å². The second-order valence-electron chi connectivity index (χ2n) is 4.44. The number of anilines is 1. The van der Waals surface area contributed by atoms with Crippen LogP contribution in [0.25, 0.3) is 11.0 Å². The molecule has 4 N–H and O–H groups in total. The fourth-order valence-corrected chi connectivity index (χ4v) is 2.58. The number of nitrogen functional groups attached to an aromatic ring is 1. The highest BCUT2D eigenvalue weighted by atomic mass is 32.2. The van der Waals surface area contributed by atoms with E-state index in [0.717, 1.165) is 16.8 Å². The molecule has 2 aromatic heterocycles. The molecular weight excluding hydrogens is 264 g/mol. The fraction of sp³-hybridized carbons (Fsp3) is 0.545. The summed E-state index contributed by atoms with van der Waals surface area (Å²) in [7, 11) is 1.83. The van der Waals surface area contributed by atoms with E-state index >= 15 is 0 Å². The number of hydrogen-bond acceptors (Lipinski definition) is 7. The Labute approximate surface area is 115 Å². The van der Waals surface area contributed by atoms with Crippen molar-refractivity contribution >= 4 is 28.6 Å². The van der Waals surface area contributed by atoms with Gasteiger partial charge in [-0.05, 0) is 11.7 Å². The number of aromatic nitrogens is 4. The Balaban J connectivity index is 2.17. The van der Waals surface area contributed by atoms with Gasteiger partial charge >= 0.3 is 0 Å². The molecule has 0 amide bonds. The van der Waals surface area contributed by atoms with Crippen molar-refractivity contribution in [3.63, 3.8) is 0 Å². The predicted molar refractivity (Wildman–Crippen MR) is 76.5 cm³/mol. The molecule has 2 rings (SSSR count). The van der Waals surface area contributed by atoms with Gasteiger partial charge in [-0.25, -0.2) is 15.8 Å². The second-order valence-corrected chi connectivity index (χ2v) is 5.47. The van der Waals surface area contributed by atoms with Crippen molar-refractivity contribution in [2.45, 2.75) is 12.7 Å². The van der Waals surface area contributed by atoms with Crippen LogP contribution in [-0.4, -0.2) is 37.2 Å². The van der Waals surface area contributed by atoms with Gasteiger partial charge in [-0.2, -0.15) is 16.9 Å². The molecule has 0 radical (unpaired) electrons. The van der Waals surface area contributed by atoms with Gasteiger partial charge in [0.1, 0.15) is 5.82 Å². The highest BCUT2D eigenvalue weighted by Crippen LogP contribution is 2.21. The van der Waals surface area contributed by atoms with Crippen LogP contribution in [0.5, 0.6) is 0 Å². The van der Waals surface area contributed by atoms with Gasteiger partial charge in [0.2, 0.25) is 0 Å². The molecule has 0 saturated heterocycles. The van der Waals surface area contributed by atoms with Gasteiger partial charge in [-0.15, -0.1) is 0 Å². The minimum Gasteiger partial charge on any atom is -0.396 e. The topological polar surface area (TPSA) is 102 Å². The first-order valence-electron chi connectivity index (χ1n) is 5.99. The molecule has 0 aromatic carbocycles. The molecule has 7 nitrogen and oxygen atoms in total. The van der Waals surface area contributed by atoms with Gasteiger partial charge in [0, 0.05) is 13.7 Å². The summed E-state index contributed by atoms with van der Waals surface area (Å²) in [6.45, 7) is 2.20. The predicted octanol–water partition coefficient (Wildman–Crippen LogP) is 0.510. The summed E-state index contributed by atoms with van der Waals surface area (Å²) in [5.74, 6) is 8.60. The van der Waals surface area contributed by atoms with E-state index in [2.05, 4.69) is 20.5 Å². The van der Waals surface area contributed by atoms with E-state index in [4.69, 9.17) is 10.9 Å². The van der Waals surface area contributed by atoms with Crippen LogP contribution < -0.4 is 11.3 Å². The zero-order valence-corrected chi connectivity index (χ0v) is 11.8. The maximum Gasteiger partial charge on any atom is 0.163 e. The summed E-state index contributed by atoms with van der Waals surface area (Å²) in [4.78, 5) is 8.85. The van der Waals surface area contributed by atoms with Crippen molar-refractivity contribution < 1.29 is 5.11 Å². The molecule has 8 heteroatoms. The first kappa shape index (κ1) is 14.0. The Bertz CT molecular complexity index is 557. The lowest BCUT2D eigenvalue weighted by Crippen LogP contribution is -2.11. The lowest BCUT2D eigenvalue weighted by Gasteiger charge is -2.08. The molecule has 1 unspecified atom stereocenters. The quantitative estimate of drug-likeness (QED) is 0.524. The number of fused-ring (bicyclic) bond motifs is 1. The Morgan fingerprint density at radius 3 is 3.00 bits per heavy atom. The van der Waals surface area contributed by atoms with Gasteiger partial charge < -0.3 is 10.5 Å². The smallest absolute Gasteiger partial charge is 0.163 e. The molecule has 0 fully saturated rings. The normalized spacial score (nSPS) is 12.8. The number of rotatable bonds is 6. The summed E-state index contributed by atoms with van der Waals surface area (Å²) >= 11 is 1.69. The van der Waals surface area contributed by atoms with Crippen LogP contribution in [0.2, 0.25) is 0 Å². The molecule has 104 valence electrons. The number of nitrogens with one attached hydrogen (secondary N) is 1. The number of aliphatic hydroxyl groups excluding tert-OH is 1. The minimum atomic E-state index is 0.199. The van der Waals surface area contributed by atoms with Crippen molar-refractivity contribution in [1.29, 1.82) is 0 Å². The number of thioether (sulfide) groups is 1. The van der Waals surface area contributed by atoms with Crippen molar-refractivity contribution in [1.82, 2.24) is 19.7 Å². The number of hydrazine groups is 1. The van der Waals surface area contributed by atoms with Gasteiger partial charge in [0.25, 0.3) is 0 Å². The van der Waals surface area contributed by atoms with Crippen LogP contribution in [0.1, 0.15) is 12.7 Å². The fourth-order valence-electron chi connectivity index (χ4n) is 1.65. The van der Waals surface area contributed by atoms with Crippen LogP contribution in [0.4, 0.5) is 5.82 Å². The Kier molecular flexibility index (Phi) is 4.56. The highest BCUT2D eigenvalue weighted by Gasteiger charge is 2.11. The average molecular weight is 282 g/mol. The van der Waals surface area contributed by atoms with Gasteiger partial charge in [0.05, 0.1) is 17.3 Å². The number of aliphatic hydroxyl groups is 1. The van der Waals surface area contributed by atoms with Crippen LogP contribution in [0, 0.1) is 5.92 Å². The van der Waals surface area contributed by atoms with Crippen molar-refractivity contribution in [3.8, 4) is 0 Å². The zero-order chi connectivity index (χ0) is 13.8. The third-order valence-corrected chi connectivity index (χ3v) is 3.99. The number of hydrogen-bond donors (Lipinski definition) is 3. The van der Waals surface area contributed by atoms with E-state index in [1.54, 1.807) is 22.6 Å². The summed E-state index contributed by atoms with van der Waals surface area (Å²) in [5, 5.41) is 13.9. The maximum absolute atomic E-state index is 8.98. The standard InChI is InChI=1S/C11H18N6OS/c1-7(4-18)5-19-6-9-14-10(16-12)8-3-13-17(2)11(8)15-9/h3,7,18H,4-6,12H2,1-2H3,(H,14,15,16). The lowest BCUT2D eigenvalue weighted by molar-refractivity contribution is 0.250. The lowest BCUT2D eigenvalue weighted by atomic mass is 10.2. The summed E-state index contributed by atoms with van der Waals surface area (Å²) < 4.78 is 1.70. The number of nitrogens with two attached hydrogens (primary N) is 1. The molecule has 0 bridgehead atoms. The van der Waals surface area contributed by atoms with E-state index in [1.807, 2.05) is 14.0 Å². The molecule has 0 aliphatic heterocycles. The molecule has 0 spiro atoms. The van der Waals surface area contributed by atoms with Crippen LogP contribution in [-0.2, 0) is 12.8 Å². The van der Waals surface area contributed by atoms with Crippen LogP contribution in [0.3, 0.4) is 0 Å². The summed E-state index contributed by atoms with van der Waals surface area (Å²) in [6, 6.07) is 0. The van der Waals surface area contributed by atoms with E-state index in [-0.39, 0.29) is 12.5 Å². The largest absolute Gasteiger partial charge is 0.396 e. The van der Waals surface area contributed by atoms with E-state index in [9.17, 15) is 0 Å². The summed E-state index contributed by atoms with van der Waals surface area (Å²) in [6.07, 6.45) is 1.69. The first-order valence-corrected chi connectivity index (χ1v) is 7.15. The van der Waals surface area contributed by atoms with Crippen molar-refractivity contribution in [3.05, 3.63) is 12.0 Å². The molecular formula is C11H18N6OS. The minimum absolute atomic E-state index is 0.199. The summed E-state index contributed by atoms with van der Waals surface area (Å²) in [5.41, 5.74) is 3.34. The van der Waals surface area contributed by atoms with Crippen molar-refractivity contribution in [2.24, 2.45) is 18.8 Å². The van der Waals surface area contributed by atoms with E-state index in [0.29, 0.717) is 17.4 Å². The number of nitrogens with zero attached hydrogens (tertiary/aromatic N) is 4. The molecule has 2 aromatic rings. The van der Waals surface area contributed by atoms with Gasteiger partial charge in [-0.1, -0.05) is 6.92 Å². The first-order chi connectivity index (χ1) is 9.15. The Morgan fingerprint density at radius 1 is 1.53 bits per heavy atom. The molecule has 0 saturated carbocycles. The van der Waals surface area contributed by atoms with Crippen LogP contribution in [0.15, 0.2) is 6.20 Å². The van der Waals surface area contributed by atoms with Crippen LogP contribution >= 0.6 is 11.8 Å². The molecule has 0 aliphatic carbocycles. The van der Waals surface area contributed by atoms with Crippen molar-refractivity contribution in [2.75, 3.05) is 17.8 Å². The maximum atomic E-state index is 8.98. The second kappa shape index (κ2) is 6.18. The highest BCUT2D eigenvalue weighted by molar-refractivity contribution is 7.98. The Hall–Kier alpha value is -1.38. The third kappa shape index (κ3) is 3.14. The van der Waals surface area contributed by atoms with Gasteiger partial charge in [0.15, 0.2) is 11.5 Å². The molecule has 19 heavy (non-hydrogen) atoms. The Morgan fingerprint density at radius 2 is 2.32 bits per heavy atom. The van der Waals surface area contributed by atoms with E-state index in [1.165, 1.54) is 0 Å². The average Bonchev–Trinajstić information content (AvgIpc) is 2.79. The zero-order valence-electron chi connectivity index (χ0n) is 11.0. The van der Waals surface area contributed by atoms with E-state index < -0.39 is 0 Å². The molecule has 2 heterocycles.